The molecular weight excluding hydrogens is 232 g/mol. The Bertz CT molecular complexity index is 476. The number of halogens is 1. The quantitative estimate of drug-likeness (QED) is 0.825. The van der Waals surface area contributed by atoms with Crippen molar-refractivity contribution in [2.75, 3.05) is 14.2 Å². The van der Waals surface area contributed by atoms with Crippen LogP contribution in [0.15, 0.2) is 22.6 Å². The molecule has 0 aliphatic rings. The molecule has 6 heteroatoms. The second-order valence-corrected chi connectivity index (χ2v) is 3.22. The van der Waals surface area contributed by atoms with Crippen LogP contribution < -0.4 is 9.47 Å². The smallest absolute Gasteiger partial charge is 0.313 e. The van der Waals surface area contributed by atoms with Gasteiger partial charge in [-0.3, -0.25) is 0 Å². The Hall–Kier alpha value is -1.75. The molecule has 1 heterocycles. The van der Waals surface area contributed by atoms with Gasteiger partial charge in [-0.1, -0.05) is 11.2 Å². The van der Waals surface area contributed by atoms with E-state index < -0.39 is 0 Å². The topological polar surface area (TPSA) is 57.4 Å². The van der Waals surface area contributed by atoms with Crippen LogP contribution in [0.1, 0.15) is 0 Å². The highest BCUT2D eigenvalue weighted by molar-refractivity contribution is 6.27. The summed E-state index contributed by atoms with van der Waals surface area (Å²) >= 11 is 5.58. The Morgan fingerprint density at radius 1 is 1.12 bits per heavy atom. The number of nitrogens with zero attached hydrogens (tertiary/aromatic N) is 2. The normalized spacial score (nSPS) is 10.2. The van der Waals surface area contributed by atoms with Crippen LogP contribution in [0, 0.1) is 0 Å². The average Bonchev–Trinajstić information content (AvgIpc) is 2.74. The van der Waals surface area contributed by atoms with E-state index in [4.69, 9.17) is 25.5 Å². The fourth-order valence-corrected chi connectivity index (χ4v) is 1.48. The van der Waals surface area contributed by atoms with Crippen LogP contribution in [0.4, 0.5) is 0 Å². The minimum atomic E-state index is -0.0250. The zero-order valence-electron chi connectivity index (χ0n) is 8.73. The molecule has 16 heavy (non-hydrogen) atoms. The SMILES string of the molecule is COc1cccc(OC)c1-c1nnc(Cl)o1. The van der Waals surface area contributed by atoms with E-state index in [0.717, 1.165) is 0 Å². The summed E-state index contributed by atoms with van der Waals surface area (Å²) in [6.45, 7) is 0. The molecule has 0 aliphatic carbocycles. The van der Waals surface area contributed by atoms with Crippen LogP contribution in [-0.4, -0.2) is 24.4 Å². The molecule has 2 rings (SSSR count). The zero-order chi connectivity index (χ0) is 11.5. The highest BCUT2D eigenvalue weighted by Crippen LogP contribution is 2.37. The molecule has 0 saturated carbocycles. The Morgan fingerprint density at radius 2 is 1.75 bits per heavy atom. The fraction of sp³-hybridized carbons (Fsp3) is 0.200. The molecular formula is C10H9ClN2O3. The van der Waals surface area contributed by atoms with E-state index in [1.807, 2.05) is 0 Å². The van der Waals surface area contributed by atoms with Gasteiger partial charge in [0.05, 0.1) is 14.2 Å². The lowest BCUT2D eigenvalue weighted by Gasteiger charge is -2.09. The Balaban J connectivity index is 2.60. The van der Waals surface area contributed by atoms with E-state index >= 15 is 0 Å². The molecule has 2 aromatic rings. The number of hydrogen-bond acceptors (Lipinski definition) is 5. The summed E-state index contributed by atoms with van der Waals surface area (Å²) in [6, 6.07) is 5.35. The van der Waals surface area contributed by atoms with Gasteiger partial charge < -0.3 is 13.9 Å². The lowest BCUT2D eigenvalue weighted by molar-refractivity contribution is 0.394. The largest absolute Gasteiger partial charge is 0.496 e. The number of benzene rings is 1. The molecule has 0 saturated heterocycles. The van der Waals surface area contributed by atoms with Crippen LogP contribution in [0.2, 0.25) is 5.35 Å². The monoisotopic (exact) mass is 240 g/mol. The summed E-state index contributed by atoms with van der Waals surface area (Å²) in [5.74, 6) is 1.43. The third-order valence-corrected chi connectivity index (χ3v) is 2.19. The van der Waals surface area contributed by atoms with Crippen LogP contribution in [0.25, 0.3) is 11.5 Å². The molecule has 1 aromatic heterocycles. The lowest BCUT2D eigenvalue weighted by atomic mass is 10.2. The first kappa shape index (κ1) is 10.8. The number of hydrogen-bond donors (Lipinski definition) is 0. The van der Waals surface area contributed by atoms with E-state index in [-0.39, 0.29) is 11.2 Å². The molecule has 0 bridgehead atoms. The third kappa shape index (κ3) is 1.81. The van der Waals surface area contributed by atoms with Crippen LogP contribution in [0.3, 0.4) is 0 Å². The molecule has 5 nitrogen and oxygen atoms in total. The summed E-state index contributed by atoms with van der Waals surface area (Å²) < 4.78 is 15.5. The third-order valence-electron chi connectivity index (χ3n) is 2.04. The molecule has 0 spiro atoms. The summed E-state index contributed by atoms with van der Waals surface area (Å²) in [7, 11) is 3.10. The van der Waals surface area contributed by atoms with Crippen LogP contribution >= 0.6 is 11.6 Å². The lowest BCUT2D eigenvalue weighted by Crippen LogP contribution is -1.92. The number of aromatic nitrogens is 2. The Labute approximate surface area is 97.0 Å². The molecule has 0 N–H and O–H groups in total. The van der Waals surface area contributed by atoms with Crippen molar-refractivity contribution in [1.82, 2.24) is 10.2 Å². The zero-order valence-corrected chi connectivity index (χ0v) is 9.49. The van der Waals surface area contributed by atoms with Crippen LogP contribution in [0.5, 0.6) is 11.5 Å². The standard InChI is InChI=1S/C10H9ClN2O3/c1-14-6-4-3-5-7(15-2)8(6)9-12-13-10(11)16-9/h3-5H,1-2H3. The van der Waals surface area contributed by atoms with Crippen molar-refractivity contribution in [1.29, 1.82) is 0 Å². The average molecular weight is 241 g/mol. The molecule has 0 radical (unpaired) electrons. The predicted octanol–water partition coefficient (Wildman–Crippen LogP) is 2.41. The number of rotatable bonds is 3. The first-order valence-electron chi connectivity index (χ1n) is 4.46. The maximum atomic E-state index is 5.58. The van der Waals surface area contributed by atoms with Gasteiger partial charge in [0.2, 0.25) is 0 Å². The summed E-state index contributed by atoms with van der Waals surface area (Å²) in [5, 5.41) is 7.35. The van der Waals surface area contributed by atoms with Crippen molar-refractivity contribution >= 4 is 11.6 Å². The molecule has 84 valence electrons. The summed E-state index contributed by atoms with van der Waals surface area (Å²) in [6.07, 6.45) is 0. The van der Waals surface area contributed by atoms with Crippen molar-refractivity contribution in [2.24, 2.45) is 0 Å². The highest BCUT2D eigenvalue weighted by Gasteiger charge is 2.17. The second kappa shape index (κ2) is 4.40. The van der Waals surface area contributed by atoms with Gasteiger partial charge in [0.25, 0.3) is 5.89 Å². The summed E-state index contributed by atoms with van der Waals surface area (Å²) in [4.78, 5) is 0. The van der Waals surface area contributed by atoms with Crippen molar-refractivity contribution < 1.29 is 13.9 Å². The summed E-state index contributed by atoms with van der Waals surface area (Å²) in [5.41, 5.74) is 0.590. The highest BCUT2D eigenvalue weighted by atomic mass is 35.5. The van der Waals surface area contributed by atoms with E-state index in [1.54, 1.807) is 32.4 Å². The predicted molar refractivity (Wildman–Crippen MR) is 57.8 cm³/mol. The molecule has 0 aliphatic heterocycles. The van der Waals surface area contributed by atoms with Gasteiger partial charge in [0.1, 0.15) is 17.1 Å². The van der Waals surface area contributed by atoms with Gasteiger partial charge in [-0.05, 0) is 23.7 Å². The second-order valence-electron chi connectivity index (χ2n) is 2.90. The molecule has 0 amide bonds. The van der Waals surface area contributed by atoms with Gasteiger partial charge in [0.15, 0.2) is 0 Å². The van der Waals surface area contributed by atoms with E-state index in [9.17, 15) is 0 Å². The van der Waals surface area contributed by atoms with Gasteiger partial charge >= 0.3 is 5.35 Å². The molecule has 0 unspecified atom stereocenters. The van der Waals surface area contributed by atoms with Crippen LogP contribution in [-0.2, 0) is 0 Å². The Morgan fingerprint density at radius 3 is 2.19 bits per heavy atom. The molecule has 1 aromatic carbocycles. The van der Waals surface area contributed by atoms with E-state index in [2.05, 4.69) is 10.2 Å². The van der Waals surface area contributed by atoms with Gasteiger partial charge in [-0.15, -0.1) is 5.10 Å². The minimum absolute atomic E-state index is 0.0250. The van der Waals surface area contributed by atoms with Crippen molar-refractivity contribution in [3.63, 3.8) is 0 Å². The maximum Gasteiger partial charge on any atom is 0.313 e. The van der Waals surface area contributed by atoms with Crippen molar-refractivity contribution in [3.8, 4) is 23.0 Å². The maximum absolute atomic E-state index is 5.58. The van der Waals surface area contributed by atoms with Crippen molar-refractivity contribution in [2.45, 2.75) is 0 Å². The van der Waals surface area contributed by atoms with Gasteiger partial charge in [-0.2, -0.15) is 0 Å². The minimum Gasteiger partial charge on any atom is -0.496 e. The van der Waals surface area contributed by atoms with Crippen molar-refractivity contribution in [3.05, 3.63) is 23.5 Å². The molecule has 0 fully saturated rings. The first-order valence-corrected chi connectivity index (χ1v) is 4.84. The number of ether oxygens (including phenoxy) is 2. The van der Waals surface area contributed by atoms with E-state index in [0.29, 0.717) is 17.1 Å². The van der Waals surface area contributed by atoms with E-state index in [1.165, 1.54) is 0 Å². The first-order chi connectivity index (χ1) is 7.76. The van der Waals surface area contributed by atoms with Gasteiger partial charge in [-0.25, -0.2) is 0 Å². The fourth-order valence-electron chi connectivity index (χ4n) is 1.37. The van der Waals surface area contributed by atoms with Gasteiger partial charge in [0, 0.05) is 0 Å². The number of methoxy groups -OCH3 is 2. The molecule has 0 atom stereocenters. The Kier molecular flexibility index (Phi) is 2.96.